The fourth-order valence-electron chi connectivity index (χ4n) is 2.35. The fraction of sp³-hybridized carbons (Fsp3) is 0.333. The van der Waals surface area contributed by atoms with E-state index in [4.69, 9.17) is 5.11 Å². The largest absolute Gasteiger partial charge is 0.395 e. The van der Waals surface area contributed by atoms with E-state index in [2.05, 4.69) is 10.3 Å². The molecular formula is C12H13FN2O. The lowest BCUT2D eigenvalue weighted by atomic mass is 9.99. The van der Waals surface area contributed by atoms with E-state index in [0.29, 0.717) is 6.54 Å². The average molecular weight is 220 g/mol. The molecule has 0 spiro atoms. The number of benzene rings is 1. The second kappa shape index (κ2) is 3.57. The number of fused-ring (bicyclic) bond motifs is 3. The molecule has 0 fully saturated rings. The van der Waals surface area contributed by atoms with Crippen molar-refractivity contribution in [1.29, 1.82) is 0 Å². The SMILES string of the molecule is OCC1Cc2c([nH]c3ccc(F)cc23)CN1. The van der Waals surface area contributed by atoms with E-state index in [1.54, 1.807) is 12.1 Å². The number of hydrogen-bond donors (Lipinski definition) is 3. The third-order valence-corrected chi connectivity index (χ3v) is 3.19. The second-order valence-electron chi connectivity index (χ2n) is 4.24. The van der Waals surface area contributed by atoms with Gasteiger partial charge in [-0.15, -0.1) is 0 Å². The Hall–Kier alpha value is -1.39. The van der Waals surface area contributed by atoms with Crippen molar-refractivity contribution in [2.45, 2.75) is 19.0 Å². The molecule has 3 nitrogen and oxygen atoms in total. The highest BCUT2D eigenvalue weighted by molar-refractivity contribution is 5.85. The molecule has 3 rings (SSSR count). The number of aliphatic hydroxyl groups excluding tert-OH is 1. The first-order chi connectivity index (χ1) is 7.78. The number of halogens is 1. The maximum Gasteiger partial charge on any atom is 0.123 e. The van der Waals surface area contributed by atoms with Gasteiger partial charge in [-0.25, -0.2) is 4.39 Å². The second-order valence-corrected chi connectivity index (χ2v) is 4.24. The zero-order valence-electron chi connectivity index (χ0n) is 8.76. The third kappa shape index (κ3) is 1.42. The minimum Gasteiger partial charge on any atom is -0.395 e. The number of rotatable bonds is 1. The zero-order chi connectivity index (χ0) is 11.1. The molecule has 0 bridgehead atoms. The molecule has 16 heavy (non-hydrogen) atoms. The summed E-state index contributed by atoms with van der Waals surface area (Å²) in [7, 11) is 0. The van der Waals surface area contributed by atoms with Crippen LogP contribution in [0.3, 0.4) is 0 Å². The lowest BCUT2D eigenvalue weighted by Crippen LogP contribution is -2.37. The Labute approximate surface area is 92.3 Å². The van der Waals surface area contributed by atoms with Crippen LogP contribution in [0.1, 0.15) is 11.3 Å². The van der Waals surface area contributed by atoms with Gasteiger partial charge in [0.05, 0.1) is 6.61 Å². The third-order valence-electron chi connectivity index (χ3n) is 3.19. The number of hydrogen-bond acceptors (Lipinski definition) is 2. The summed E-state index contributed by atoms with van der Waals surface area (Å²) >= 11 is 0. The van der Waals surface area contributed by atoms with Gasteiger partial charge in [0, 0.05) is 29.2 Å². The van der Waals surface area contributed by atoms with Crippen molar-refractivity contribution < 1.29 is 9.50 Å². The number of nitrogens with one attached hydrogen (secondary N) is 2. The van der Waals surface area contributed by atoms with Crippen LogP contribution in [0.4, 0.5) is 4.39 Å². The standard InChI is InChI=1S/C12H13FN2O/c13-7-1-2-11-9(3-7)10-4-8(6-16)14-5-12(10)15-11/h1-3,8,14-16H,4-6H2. The highest BCUT2D eigenvalue weighted by Gasteiger charge is 2.21. The molecule has 1 unspecified atom stereocenters. The van der Waals surface area contributed by atoms with Crippen LogP contribution >= 0.6 is 0 Å². The summed E-state index contributed by atoms with van der Waals surface area (Å²) in [6.45, 7) is 0.818. The predicted molar refractivity (Wildman–Crippen MR) is 59.7 cm³/mol. The van der Waals surface area contributed by atoms with Gasteiger partial charge in [-0.2, -0.15) is 0 Å². The van der Waals surface area contributed by atoms with Gasteiger partial charge in [-0.3, -0.25) is 0 Å². The van der Waals surface area contributed by atoms with E-state index in [1.807, 2.05) is 0 Å². The molecule has 0 aliphatic carbocycles. The summed E-state index contributed by atoms with van der Waals surface area (Å²) < 4.78 is 13.2. The molecule has 1 aromatic carbocycles. The van der Waals surface area contributed by atoms with Crippen molar-refractivity contribution in [3.63, 3.8) is 0 Å². The van der Waals surface area contributed by atoms with Gasteiger partial charge in [0.25, 0.3) is 0 Å². The Morgan fingerprint density at radius 3 is 3.12 bits per heavy atom. The lowest BCUT2D eigenvalue weighted by Gasteiger charge is -2.22. The summed E-state index contributed by atoms with van der Waals surface area (Å²) in [6, 6.07) is 4.86. The summed E-state index contributed by atoms with van der Waals surface area (Å²) in [5, 5.41) is 13.3. The van der Waals surface area contributed by atoms with E-state index < -0.39 is 0 Å². The molecule has 0 saturated carbocycles. The highest BCUT2D eigenvalue weighted by Crippen LogP contribution is 2.27. The van der Waals surface area contributed by atoms with E-state index in [0.717, 1.165) is 28.6 Å². The minimum absolute atomic E-state index is 0.0785. The average Bonchev–Trinajstić information content (AvgIpc) is 2.66. The Morgan fingerprint density at radius 1 is 1.44 bits per heavy atom. The smallest absolute Gasteiger partial charge is 0.123 e. The molecule has 0 saturated heterocycles. The van der Waals surface area contributed by atoms with Crippen molar-refractivity contribution in [2.75, 3.05) is 6.61 Å². The molecule has 84 valence electrons. The normalized spacial score (nSPS) is 20.0. The summed E-state index contributed by atoms with van der Waals surface area (Å²) in [5.74, 6) is -0.214. The molecule has 0 radical (unpaired) electrons. The van der Waals surface area contributed by atoms with E-state index in [1.165, 1.54) is 6.07 Å². The number of aliphatic hydroxyl groups is 1. The molecule has 0 amide bonds. The summed E-state index contributed by atoms with van der Waals surface area (Å²) in [4.78, 5) is 3.28. The minimum atomic E-state index is -0.214. The van der Waals surface area contributed by atoms with Gasteiger partial charge < -0.3 is 15.4 Å². The maximum absolute atomic E-state index is 13.2. The predicted octanol–water partition coefficient (Wildman–Crippen LogP) is 1.31. The van der Waals surface area contributed by atoms with Gasteiger partial charge in [-0.1, -0.05) is 0 Å². The summed E-state index contributed by atoms with van der Waals surface area (Å²) in [5.41, 5.74) is 3.20. The molecular weight excluding hydrogens is 207 g/mol. The molecule has 4 heteroatoms. The quantitative estimate of drug-likeness (QED) is 0.678. The first kappa shape index (κ1) is 9.81. The van der Waals surface area contributed by atoms with Crippen LogP contribution in [0.5, 0.6) is 0 Å². The fourth-order valence-corrected chi connectivity index (χ4v) is 2.35. The van der Waals surface area contributed by atoms with Crippen molar-refractivity contribution in [3.05, 3.63) is 35.3 Å². The monoisotopic (exact) mass is 220 g/mol. The van der Waals surface area contributed by atoms with Crippen LogP contribution in [0.2, 0.25) is 0 Å². The van der Waals surface area contributed by atoms with Gasteiger partial charge >= 0.3 is 0 Å². The zero-order valence-corrected chi connectivity index (χ0v) is 8.76. The molecule has 3 N–H and O–H groups in total. The highest BCUT2D eigenvalue weighted by atomic mass is 19.1. The van der Waals surface area contributed by atoms with Gasteiger partial charge in [0.15, 0.2) is 0 Å². The molecule has 1 aliphatic rings. The molecule has 1 aliphatic heterocycles. The van der Waals surface area contributed by atoms with Crippen molar-refractivity contribution in [1.82, 2.24) is 10.3 Å². The van der Waals surface area contributed by atoms with Crippen molar-refractivity contribution in [3.8, 4) is 0 Å². The summed E-state index contributed by atoms with van der Waals surface area (Å²) in [6.07, 6.45) is 0.745. The first-order valence-electron chi connectivity index (χ1n) is 5.41. The molecule has 2 aromatic rings. The number of aromatic nitrogens is 1. The van der Waals surface area contributed by atoms with Crippen LogP contribution in [-0.4, -0.2) is 22.7 Å². The van der Waals surface area contributed by atoms with Crippen molar-refractivity contribution in [2.24, 2.45) is 0 Å². The van der Waals surface area contributed by atoms with Gasteiger partial charge in [-0.05, 0) is 30.2 Å². The van der Waals surface area contributed by atoms with Crippen LogP contribution in [-0.2, 0) is 13.0 Å². The lowest BCUT2D eigenvalue weighted by molar-refractivity contribution is 0.235. The van der Waals surface area contributed by atoms with E-state index in [-0.39, 0.29) is 18.5 Å². The first-order valence-corrected chi connectivity index (χ1v) is 5.41. The van der Waals surface area contributed by atoms with Gasteiger partial charge in [0.2, 0.25) is 0 Å². The number of aromatic amines is 1. The Morgan fingerprint density at radius 2 is 2.31 bits per heavy atom. The Bertz CT molecular complexity index is 535. The van der Waals surface area contributed by atoms with E-state index in [9.17, 15) is 4.39 Å². The van der Waals surface area contributed by atoms with Crippen LogP contribution in [0.15, 0.2) is 18.2 Å². The maximum atomic E-state index is 13.2. The molecule has 1 aromatic heterocycles. The topological polar surface area (TPSA) is 48.0 Å². The number of H-pyrrole nitrogens is 1. The molecule has 1 atom stereocenters. The Balaban J connectivity index is 2.15. The van der Waals surface area contributed by atoms with Crippen LogP contribution in [0, 0.1) is 5.82 Å². The Kier molecular flexibility index (Phi) is 2.19. The van der Waals surface area contributed by atoms with Crippen LogP contribution < -0.4 is 5.32 Å². The van der Waals surface area contributed by atoms with Crippen molar-refractivity contribution >= 4 is 10.9 Å². The van der Waals surface area contributed by atoms with Crippen LogP contribution in [0.25, 0.3) is 10.9 Å². The van der Waals surface area contributed by atoms with Gasteiger partial charge in [0.1, 0.15) is 5.82 Å². The van der Waals surface area contributed by atoms with E-state index >= 15 is 0 Å². The molecule has 2 heterocycles.